The van der Waals surface area contributed by atoms with Crippen molar-refractivity contribution in [2.45, 2.75) is 19.6 Å². The molecule has 1 unspecified atom stereocenters. The number of rotatable bonds is 7. The van der Waals surface area contributed by atoms with Crippen molar-refractivity contribution in [3.05, 3.63) is 102 Å². The van der Waals surface area contributed by atoms with Crippen molar-refractivity contribution >= 4 is 12.0 Å². The van der Waals surface area contributed by atoms with Crippen molar-refractivity contribution < 1.29 is 13.9 Å². The van der Waals surface area contributed by atoms with E-state index in [2.05, 4.69) is 10.3 Å². The molecule has 0 bridgehead atoms. The van der Waals surface area contributed by atoms with E-state index in [1.807, 2.05) is 43.3 Å². The maximum absolute atomic E-state index is 13.0. The molecular weight excluding hydrogens is 355 g/mol. The molecule has 28 heavy (non-hydrogen) atoms. The standard InChI is InChI=1S/C23H21FN2O2/c1-17(20-7-9-21(24)10-8-20)26-23(27)13-6-18-4-11-22(12-5-18)28-16-19-3-2-14-25-15-19/h2-15,17H,16H2,1H3,(H,26,27)/b13-6+. The number of hydrogen-bond donors (Lipinski definition) is 1. The number of nitrogens with zero attached hydrogens (tertiary/aromatic N) is 1. The summed E-state index contributed by atoms with van der Waals surface area (Å²) in [5.41, 5.74) is 2.73. The summed E-state index contributed by atoms with van der Waals surface area (Å²) in [5, 5.41) is 2.86. The van der Waals surface area contributed by atoms with Crippen molar-refractivity contribution in [3.63, 3.8) is 0 Å². The van der Waals surface area contributed by atoms with E-state index in [-0.39, 0.29) is 17.8 Å². The highest BCUT2D eigenvalue weighted by Crippen LogP contribution is 2.16. The van der Waals surface area contributed by atoms with E-state index in [4.69, 9.17) is 4.74 Å². The molecule has 0 fully saturated rings. The molecule has 0 saturated heterocycles. The number of carbonyl (C=O) groups is 1. The van der Waals surface area contributed by atoms with Gasteiger partial charge in [0.1, 0.15) is 18.2 Å². The number of pyridine rings is 1. The first kappa shape index (κ1) is 19.3. The van der Waals surface area contributed by atoms with Crippen LogP contribution in [0.5, 0.6) is 5.75 Å². The number of benzene rings is 2. The van der Waals surface area contributed by atoms with Gasteiger partial charge in [0.25, 0.3) is 0 Å². The van der Waals surface area contributed by atoms with E-state index in [9.17, 15) is 9.18 Å². The maximum Gasteiger partial charge on any atom is 0.244 e. The van der Waals surface area contributed by atoms with E-state index in [0.29, 0.717) is 6.61 Å². The van der Waals surface area contributed by atoms with E-state index in [1.165, 1.54) is 18.2 Å². The fourth-order valence-corrected chi connectivity index (χ4v) is 2.59. The number of amides is 1. The summed E-state index contributed by atoms with van der Waals surface area (Å²) in [4.78, 5) is 16.1. The van der Waals surface area contributed by atoms with Gasteiger partial charge in [0.15, 0.2) is 0 Å². The van der Waals surface area contributed by atoms with Crippen LogP contribution in [-0.4, -0.2) is 10.9 Å². The first-order chi connectivity index (χ1) is 13.6. The number of carbonyl (C=O) groups excluding carboxylic acids is 1. The average Bonchev–Trinajstić information content (AvgIpc) is 2.72. The molecule has 0 aliphatic rings. The fourth-order valence-electron chi connectivity index (χ4n) is 2.59. The lowest BCUT2D eigenvalue weighted by Gasteiger charge is -2.12. The first-order valence-electron chi connectivity index (χ1n) is 8.96. The van der Waals surface area contributed by atoms with Crippen LogP contribution in [0, 0.1) is 5.82 Å². The second kappa shape index (κ2) is 9.46. The van der Waals surface area contributed by atoms with Gasteiger partial charge < -0.3 is 10.1 Å². The van der Waals surface area contributed by atoms with Gasteiger partial charge in [-0.3, -0.25) is 9.78 Å². The van der Waals surface area contributed by atoms with Crippen molar-refractivity contribution in [1.82, 2.24) is 10.3 Å². The van der Waals surface area contributed by atoms with E-state index in [0.717, 1.165) is 22.4 Å². The van der Waals surface area contributed by atoms with Gasteiger partial charge in [-0.25, -0.2) is 4.39 Å². The maximum atomic E-state index is 13.0. The van der Waals surface area contributed by atoms with Crippen molar-refractivity contribution in [3.8, 4) is 5.75 Å². The summed E-state index contributed by atoms with van der Waals surface area (Å²) in [6, 6.07) is 17.2. The minimum Gasteiger partial charge on any atom is -0.489 e. The Kier molecular flexibility index (Phi) is 6.52. The third-order valence-corrected chi connectivity index (χ3v) is 4.16. The zero-order valence-electron chi connectivity index (χ0n) is 15.5. The van der Waals surface area contributed by atoms with Crippen LogP contribution >= 0.6 is 0 Å². The first-order valence-corrected chi connectivity index (χ1v) is 8.96. The van der Waals surface area contributed by atoms with Crippen LogP contribution in [0.25, 0.3) is 6.08 Å². The van der Waals surface area contributed by atoms with Gasteiger partial charge in [-0.2, -0.15) is 0 Å². The predicted octanol–water partition coefficient (Wildman–Crippen LogP) is 4.69. The molecule has 1 heterocycles. The lowest BCUT2D eigenvalue weighted by atomic mass is 10.1. The summed E-state index contributed by atoms with van der Waals surface area (Å²) >= 11 is 0. The minimum atomic E-state index is -0.296. The Balaban J connectivity index is 1.50. The van der Waals surface area contributed by atoms with Crippen LogP contribution in [0.3, 0.4) is 0 Å². The lowest BCUT2D eigenvalue weighted by Crippen LogP contribution is -2.24. The van der Waals surface area contributed by atoms with Gasteiger partial charge in [0.2, 0.25) is 5.91 Å². The summed E-state index contributed by atoms with van der Waals surface area (Å²) in [6.07, 6.45) is 6.70. The van der Waals surface area contributed by atoms with Gasteiger partial charge in [-0.15, -0.1) is 0 Å². The Labute approximate surface area is 163 Å². The monoisotopic (exact) mass is 376 g/mol. The molecule has 142 valence electrons. The van der Waals surface area contributed by atoms with Crippen LogP contribution in [0.15, 0.2) is 79.1 Å². The molecule has 0 spiro atoms. The van der Waals surface area contributed by atoms with Crippen molar-refractivity contribution in [2.24, 2.45) is 0 Å². The molecule has 4 nitrogen and oxygen atoms in total. The molecule has 0 saturated carbocycles. The normalized spacial score (nSPS) is 11.9. The number of aromatic nitrogens is 1. The highest BCUT2D eigenvalue weighted by molar-refractivity contribution is 5.91. The lowest BCUT2D eigenvalue weighted by molar-refractivity contribution is -0.117. The Morgan fingerprint density at radius 1 is 1.14 bits per heavy atom. The molecule has 0 aliphatic carbocycles. The molecule has 5 heteroatoms. The van der Waals surface area contributed by atoms with Crippen LogP contribution in [0.1, 0.15) is 29.7 Å². The highest BCUT2D eigenvalue weighted by atomic mass is 19.1. The van der Waals surface area contributed by atoms with E-state index in [1.54, 1.807) is 30.6 Å². The quantitative estimate of drug-likeness (QED) is 0.609. The largest absolute Gasteiger partial charge is 0.489 e. The van der Waals surface area contributed by atoms with Crippen LogP contribution in [0.4, 0.5) is 4.39 Å². The third-order valence-electron chi connectivity index (χ3n) is 4.16. The zero-order chi connectivity index (χ0) is 19.8. The number of halogens is 1. The van der Waals surface area contributed by atoms with Gasteiger partial charge in [0, 0.05) is 24.0 Å². The molecule has 1 N–H and O–H groups in total. The van der Waals surface area contributed by atoms with Crippen LogP contribution < -0.4 is 10.1 Å². The number of ether oxygens (including phenoxy) is 1. The van der Waals surface area contributed by atoms with Crippen molar-refractivity contribution in [2.75, 3.05) is 0 Å². The van der Waals surface area contributed by atoms with Gasteiger partial charge >= 0.3 is 0 Å². The summed E-state index contributed by atoms with van der Waals surface area (Å²) in [5.74, 6) is 0.235. The van der Waals surface area contributed by atoms with E-state index < -0.39 is 0 Å². The summed E-state index contributed by atoms with van der Waals surface area (Å²) in [7, 11) is 0. The van der Waals surface area contributed by atoms with Gasteiger partial charge in [-0.05, 0) is 54.5 Å². The second-order valence-electron chi connectivity index (χ2n) is 6.33. The SMILES string of the molecule is CC(NC(=O)/C=C/c1ccc(OCc2cccnc2)cc1)c1ccc(F)cc1. The highest BCUT2D eigenvalue weighted by Gasteiger charge is 2.07. The molecule has 0 radical (unpaired) electrons. The zero-order valence-corrected chi connectivity index (χ0v) is 15.5. The Hall–Kier alpha value is -3.47. The number of nitrogens with one attached hydrogen (secondary N) is 1. The summed E-state index contributed by atoms with van der Waals surface area (Å²) in [6.45, 7) is 2.31. The molecule has 3 rings (SSSR count). The fraction of sp³-hybridized carbons (Fsp3) is 0.130. The molecule has 1 aromatic heterocycles. The molecule has 3 aromatic rings. The van der Waals surface area contributed by atoms with Crippen molar-refractivity contribution in [1.29, 1.82) is 0 Å². The summed E-state index contributed by atoms with van der Waals surface area (Å²) < 4.78 is 18.7. The Morgan fingerprint density at radius 2 is 1.89 bits per heavy atom. The Bertz CT molecular complexity index is 923. The minimum absolute atomic E-state index is 0.207. The average molecular weight is 376 g/mol. The second-order valence-corrected chi connectivity index (χ2v) is 6.33. The molecule has 0 aliphatic heterocycles. The number of hydrogen-bond acceptors (Lipinski definition) is 3. The van der Waals surface area contributed by atoms with Crippen LogP contribution in [0.2, 0.25) is 0 Å². The van der Waals surface area contributed by atoms with E-state index >= 15 is 0 Å². The van der Waals surface area contributed by atoms with Gasteiger partial charge in [0.05, 0.1) is 6.04 Å². The smallest absolute Gasteiger partial charge is 0.244 e. The van der Waals surface area contributed by atoms with Crippen LogP contribution in [-0.2, 0) is 11.4 Å². The third kappa shape index (κ3) is 5.77. The molecule has 2 aromatic carbocycles. The topological polar surface area (TPSA) is 51.2 Å². The molecular formula is C23H21FN2O2. The predicted molar refractivity (Wildman–Crippen MR) is 107 cm³/mol. The molecule has 1 atom stereocenters. The molecule has 1 amide bonds. The van der Waals surface area contributed by atoms with Gasteiger partial charge in [-0.1, -0.05) is 30.3 Å². The Morgan fingerprint density at radius 3 is 2.57 bits per heavy atom.